The zero-order valence-corrected chi connectivity index (χ0v) is 6.62. The van der Waals surface area contributed by atoms with E-state index in [1.807, 2.05) is 13.2 Å². The Morgan fingerprint density at radius 1 is 1.73 bits per heavy atom. The molecule has 0 amide bonds. The first-order chi connectivity index (χ1) is 5.33. The molecular formula is C8H12N2O. The molecule has 0 radical (unpaired) electrons. The fourth-order valence-electron chi connectivity index (χ4n) is 1.41. The van der Waals surface area contributed by atoms with Gasteiger partial charge in [-0.1, -0.05) is 0 Å². The van der Waals surface area contributed by atoms with Gasteiger partial charge in [-0.25, -0.2) is 0 Å². The van der Waals surface area contributed by atoms with Crippen molar-refractivity contribution in [3.63, 3.8) is 0 Å². The fraction of sp³-hybridized carbons (Fsp3) is 0.625. The zero-order valence-electron chi connectivity index (χ0n) is 6.62. The van der Waals surface area contributed by atoms with Gasteiger partial charge in [0.15, 0.2) is 0 Å². The van der Waals surface area contributed by atoms with E-state index in [0.717, 1.165) is 5.69 Å². The molecule has 0 spiro atoms. The molecule has 1 N–H and O–H groups in total. The smallest absolute Gasteiger partial charge is 0.0852 e. The minimum absolute atomic E-state index is 0.113. The van der Waals surface area contributed by atoms with Crippen molar-refractivity contribution in [2.75, 3.05) is 0 Å². The lowest BCUT2D eigenvalue weighted by atomic mass is 10.2. The molecule has 1 aliphatic rings. The summed E-state index contributed by atoms with van der Waals surface area (Å²) in [6, 6.07) is 0. The number of aromatic nitrogens is 2. The maximum atomic E-state index is 9.00. The normalized spacial score (nSPS) is 17.3. The van der Waals surface area contributed by atoms with Crippen molar-refractivity contribution in [1.82, 2.24) is 9.78 Å². The molecule has 0 aromatic carbocycles. The Bertz CT molecular complexity index is 263. The summed E-state index contributed by atoms with van der Waals surface area (Å²) >= 11 is 0. The van der Waals surface area contributed by atoms with Crippen molar-refractivity contribution < 1.29 is 5.11 Å². The van der Waals surface area contributed by atoms with E-state index in [1.165, 1.54) is 18.4 Å². The van der Waals surface area contributed by atoms with Gasteiger partial charge in [-0.05, 0) is 24.3 Å². The van der Waals surface area contributed by atoms with Crippen molar-refractivity contribution in [2.45, 2.75) is 25.4 Å². The molecule has 0 aliphatic heterocycles. The van der Waals surface area contributed by atoms with E-state index in [2.05, 4.69) is 5.10 Å². The summed E-state index contributed by atoms with van der Waals surface area (Å²) < 4.78 is 1.76. The molecule has 1 aliphatic carbocycles. The molecule has 1 heterocycles. The predicted octanol–water partition coefficient (Wildman–Crippen LogP) is 0.790. The summed E-state index contributed by atoms with van der Waals surface area (Å²) in [4.78, 5) is 0. The van der Waals surface area contributed by atoms with Gasteiger partial charge in [0.2, 0.25) is 0 Å². The Morgan fingerprint density at radius 2 is 2.45 bits per heavy atom. The highest BCUT2D eigenvalue weighted by molar-refractivity contribution is 5.25. The van der Waals surface area contributed by atoms with Gasteiger partial charge in [-0.2, -0.15) is 5.10 Å². The summed E-state index contributed by atoms with van der Waals surface area (Å²) in [6.07, 6.45) is 4.40. The maximum Gasteiger partial charge on any atom is 0.0852 e. The Kier molecular flexibility index (Phi) is 1.46. The number of aryl methyl sites for hydroxylation is 1. The lowest BCUT2D eigenvalue weighted by molar-refractivity contribution is 0.269. The van der Waals surface area contributed by atoms with E-state index in [0.29, 0.717) is 5.92 Å². The molecule has 1 aromatic heterocycles. The van der Waals surface area contributed by atoms with Gasteiger partial charge in [-0.15, -0.1) is 0 Å². The van der Waals surface area contributed by atoms with E-state index in [-0.39, 0.29) is 6.61 Å². The van der Waals surface area contributed by atoms with Gasteiger partial charge in [0, 0.05) is 7.05 Å². The minimum Gasteiger partial charge on any atom is -0.390 e. The predicted molar refractivity (Wildman–Crippen MR) is 41.1 cm³/mol. The third-order valence-corrected chi connectivity index (χ3v) is 2.26. The third-order valence-electron chi connectivity index (χ3n) is 2.26. The summed E-state index contributed by atoms with van der Waals surface area (Å²) in [5.74, 6) is 0.686. The van der Waals surface area contributed by atoms with Crippen LogP contribution in [0.5, 0.6) is 0 Å². The first kappa shape index (κ1) is 6.85. The number of nitrogens with zero attached hydrogens (tertiary/aromatic N) is 2. The van der Waals surface area contributed by atoms with Crippen LogP contribution in [0.4, 0.5) is 0 Å². The van der Waals surface area contributed by atoms with E-state index in [9.17, 15) is 0 Å². The van der Waals surface area contributed by atoms with Crippen LogP contribution in [0.15, 0.2) is 6.20 Å². The summed E-state index contributed by atoms with van der Waals surface area (Å²) in [7, 11) is 1.87. The van der Waals surface area contributed by atoms with Gasteiger partial charge in [0.25, 0.3) is 0 Å². The van der Waals surface area contributed by atoms with Crippen LogP contribution in [-0.2, 0) is 13.7 Å². The average Bonchev–Trinajstić information content (AvgIpc) is 2.76. The Morgan fingerprint density at radius 3 is 3.00 bits per heavy atom. The first-order valence-corrected chi connectivity index (χ1v) is 3.94. The molecule has 60 valence electrons. The molecule has 1 aromatic rings. The summed E-state index contributed by atoms with van der Waals surface area (Å²) in [5, 5.41) is 13.1. The monoisotopic (exact) mass is 152 g/mol. The standard InChI is InChI=1S/C8H12N2O/c1-10-8(5-11)7(4-9-10)6-2-3-6/h4,6,11H,2-3,5H2,1H3. The van der Waals surface area contributed by atoms with Gasteiger partial charge < -0.3 is 5.11 Å². The van der Waals surface area contributed by atoms with Crippen LogP contribution in [0.25, 0.3) is 0 Å². The van der Waals surface area contributed by atoms with Crippen molar-refractivity contribution in [2.24, 2.45) is 7.05 Å². The molecule has 11 heavy (non-hydrogen) atoms. The molecule has 0 bridgehead atoms. The van der Waals surface area contributed by atoms with Gasteiger partial charge in [0.1, 0.15) is 0 Å². The molecule has 0 unspecified atom stereocenters. The van der Waals surface area contributed by atoms with Crippen LogP contribution >= 0.6 is 0 Å². The minimum atomic E-state index is 0.113. The summed E-state index contributed by atoms with van der Waals surface area (Å²) in [5.41, 5.74) is 2.22. The number of hydrogen-bond donors (Lipinski definition) is 1. The van der Waals surface area contributed by atoms with Crippen LogP contribution in [0, 0.1) is 0 Å². The highest BCUT2D eigenvalue weighted by Gasteiger charge is 2.27. The molecule has 0 atom stereocenters. The van der Waals surface area contributed by atoms with E-state index in [1.54, 1.807) is 4.68 Å². The molecular weight excluding hydrogens is 140 g/mol. The fourth-order valence-corrected chi connectivity index (χ4v) is 1.41. The molecule has 3 nitrogen and oxygen atoms in total. The second kappa shape index (κ2) is 2.34. The Balaban J connectivity index is 2.36. The lowest BCUT2D eigenvalue weighted by Crippen LogP contribution is -1.99. The Labute approximate surface area is 65.7 Å². The molecule has 0 saturated heterocycles. The largest absolute Gasteiger partial charge is 0.390 e. The second-order valence-electron chi connectivity index (χ2n) is 3.10. The molecule has 3 heteroatoms. The van der Waals surface area contributed by atoms with Crippen LogP contribution in [-0.4, -0.2) is 14.9 Å². The maximum absolute atomic E-state index is 9.00. The van der Waals surface area contributed by atoms with E-state index < -0.39 is 0 Å². The van der Waals surface area contributed by atoms with Crippen molar-refractivity contribution in [1.29, 1.82) is 0 Å². The highest BCUT2D eigenvalue weighted by atomic mass is 16.3. The van der Waals surface area contributed by atoms with Gasteiger partial charge >= 0.3 is 0 Å². The van der Waals surface area contributed by atoms with Crippen molar-refractivity contribution in [3.05, 3.63) is 17.5 Å². The summed E-state index contributed by atoms with van der Waals surface area (Å²) in [6.45, 7) is 0.113. The van der Waals surface area contributed by atoms with Gasteiger partial charge in [-0.3, -0.25) is 4.68 Å². The lowest BCUT2D eigenvalue weighted by Gasteiger charge is -1.99. The Hall–Kier alpha value is -0.830. The van der Waals surface area contributed by atoms with Crippen LogP contribution in [0.1, 0.15) is 30.0 Å². The van der Waals surface area contributed by atoms with Crippen molar-refractivity contribution in [3.8, 4) is 0 Å². The number of aliphatic hydroxyl groups is 1. The second-order valence-corrected chi connectivity index (χ2v) is 3.10. The number of hydrogen-bond acceptors (Lipinski definition) is 2. The van der Waals surface area contributed by atoms with E-state index >= 15 is 0 Å². The zero-order chi connectivity index (χ0) is 7.84. The molecule has 2 rings (SSSR count). The van der Waals surface area contributed by atoms with Crippen LogP contribution in [0.3, 0.4) is 0 Å². The third kappa shape index (κ3) is 1.05. The number of rotatable bonds is 2. The molecule has 1 saturated carbocycles. The number of aliphatic hydroxyl groups excluding tert-OH is 1. The molecule has 1 fully saturated rings. The SMILES string of the molecule is Cn1ncc(C2CC2)c1CO. The highest BCUT2D eigenvalue weighted by Crippen LogP contribution is 2.41. The first-order valence-electron chi connectivity index (χ1n) is 3.94. The van der Waals surface area contributed by atoms with Crippen LogP contribution in [0.2, 0.25) is 0 Å². The van der Waals surface area contributed by atoms with E-state index in [4.69, 9.17) is 5.11 Å². The van der Waals surface area contributed by atoms with Crippen LogP contribution < -0.4 is 0 Å². The quantitative estimate of drug-likeness (QED) is 0.680. The average molecular weight is 152 g/mol. The van der Waals surface area contributed by atoms with Gasteiger partial charge in [0.05, 0.1) is 18.5 Å². The van der Waals surface area contributed by atoms with Crippen molar-refractivity contribution >= 4 is 0 Å². The topological polar surface area (TPSA) is 38.0 Å².